The van der Waals surface area contributed by atoms with Gasteiger partial charge in [0.2, 0.25) is 0 Å². The highest BCUT2D eigenvalue weighted by Crippen LogP contribution is 2.17. The van der Waals surface area contributed by atoms with Crippen molar-refractivity contribution in [3.8, 4) is 0 Å². The van der Waals surface area contributed by atoms with Gasteiger partial charge in [-0.05, 0) is 19.9 Å². The lowest BCUT2D eigenvalue weighted by Crippen LogP contribution is -2.29. The number of pyridine rings is 1. The van der Waals surface area contributed by atoms with Gasteiger partial charge in [-0.1, -0.05) is 0 Å². The molecule has 6 nitrogen and oxygen atoms in total. The molecule has 0 aliphatic rings. The third-order valence-electron chi connectivity index (χ3n) is 2.34. The Bertz CT molecular complexity index is 544. The molecule has 0 aliphatic carbocycles. The normalized spacial score (nSPS) is 12.0. The molecule has 1 heterocycles. The monoisotopic (exact) mass is 294 g/mol. The van der Waals surface area contributed by atoms with Gasteiger partial charge in [0, 0.05) is 32.1 Å². The molecule has 0 atom stereocenters. The first kappa shape index (κ1) is 16.8. The highest BCUT2D eigenvalue weighted by atomic mass is 19.1. The Kier molecular flexibility index (Phi) is 6.48. The summed E-state index contributed by atoms with van der Waals surface area (Å²) in [5.74, 6) is -1.10. The molecule has 1 N–H and O–H groups in total. The van der Waals surface area contributed by atoms with Crippen LogP contribution in [0.25, 0.3) is 5.57 Å². The van der Waals surface area contributed by atoms with Gasteiger partial charge >= 0.3 is 5.97 Å². The van der Waals surface area contributed by atoms with Crippen molar-refractivity contribution in [2.75, 3.05) is 14.1 Å². The van der Waals surface area contributed by atoms with Crippen LogP contribution in [0.3, 0.4) is 0 Å². The van der Waals surface area contributed by atoms with Crippen molar-refractivity contribution in [1.29, 1.82) is 0 Å². The summed E-state index contributed by atoms with van der Waals surface area (Å²) in [6.07, 6.45) is 5.11. The van der Waals surface area contributed by atoms with Crippen molar-refractivity contribution in [2.45, 2.75) is 20.0 Å². The number of hydrogen-bond acceptors (Lipinski definition) is 5. The molecule has 0 unspecified atom stereocenters. The molecule has 1 aromatic rings. The molecule has 114 valence electrons. The number of nitrogens with one attached hydrogen (secondary N) is 1. The van der Waals surface area contributed by atoms with E-state index in [1.807, 2.05) is 0 Å². The van der Waals surface area contributed by atoms with E-state index >= 15 is 0 Å². The number of aliphatic imine (C=N–C) groups is 1. The van der Waals surface area contributed by atoms with E-state index in [2.05, 4.69) is 15.4 Å². The van der Waals surface area contributed by atoms with Crippen LogP contribution < -0.4 is 5.43 Å². The van der Waals surface area contributed by atoms with Crippen LogP contribution in [0.5, 0.6) is 0 Å². The van der Waals surface area contributed by atoms with E-state index in [0.717, 1.165) is 6.20 Å². The Morgan fingerprint density at radius 1 is 1.52 bits per heavy atom. The zero-order chi connectivity index (χ0) is 15.8. The number of halogens is 1. The van der Waals surface area contributed by atoms with E-state index in [0.29, 0.717) is 5.56 Å². The summed E-state index contributed by atoms with van der Waals surface area (Å²) in [5, 5.41) is 1.46. The molecule has 0 amide bonds. The maximum absolute atomic E-state index is 13.3. The van der Waals surface area contributed by atoms with Crippen LogP contribution in [0, 0.1) is 5.82 Å². The number of ether oxygens (including phenoxy) is 1. The molecule has 0 saturated carbocycles. The minimum atomic E-state index is -0.567. The van der Waals surface area contributed by atoms with E-state index in [4.69, 9.17) is 4.74 Å². The van der Waals surface area contributed by atoms with E-state index in [1.165, 1.54) is 29.8 Å². The molecular formula is C14H19FN4O2. The SMILES string of the molecule is C/N=C\N(/C=C(/C(=O)OC(C)C)c1cncc(F)c1)NC. The Morgan fingerprint density at radius 3 is 2.76 bits per heavy atom. The van der Waals surface area contributed by atoms with Crippen molar-refractivity contribution in [2.24, 2.45) is 4.99 Å². The van der Waals surface area contributed by atoms with Gasteiger partial charge < -0.3 is 4.74 Å². The van der Waals surface area contributed by atoms with Gasteiger partial charge in [-0.2, -0.15) is 0 Å². The largest absolute Gasteiger partial charge is 0.459 e. The number of nitrogens with zero attached hydrogens (tertiary/aromatic N) is 3. The second kappa shape index (κ2) is 8.11. The van der Waals surface area contributed by atoms with E-state index in [1.54, 1.807) is 27.9 Å². The molecule has 0 aromatic carbocycles. The van der Waals surface area contributed by atoms with Crippen molar-refractivity contribution < 1.29 is 13.9 Å². The molecule has 0 radical (unpaired) electrons. The summed E-state index contributed by atoms with van der Waals surface area (Å²) in [6, 6.07) is 1.22. The van der Waals surface area contributed by atoms with Gasteiger partial charge in [0.25, 0.3) is 0 Å². The molecule has 1 aromatic heterocycles. The van der Waals surface area contributed by atoms with Crippen molar-refractivity contribution >= 4 is 17.9 Å². The summed E-state index contributed by atoms with van der Waals surface area (Å²) in [7, 11) is 3.25. The summed E-state index contributed by atoms with van der Waals surface area (Å²) >= 11 is 0. The topological polar surface area (TPSA) is 66.8 Å². The molecule has 1 rings (SSSR count). The molecular weight excluding hydrogens is 275 g/mol. The molecule has 21 heavy (non-hydrogen) atoms. The smallest absolute Gasteiger partial charge is 0.340 e. The molecule has 0 bridgehead atoms. The average Bonchev–Trinajstić information content (AvgIpc) is 2.42. The lowest BCUT2D eigenvalue weighted by Gasteiger charge is -2.16. The van der Waals surface area contributed by atoms with Gasteiger partial charge in [0.05, 0.1) is 17.9 Å². The summed E-state index contributed by atoms with van der Waals surface area (Å²) in [4.78, 5) is 19.8. The fraction of sp³-hybridized carbons (Fsp3) is 0.357. The maximum atomic E-state index is 13.3. The third-order valence-corrected chi connectivity index (χ3v) is 2.34. The number of carbonyl (C=O) groups is 1. The highest BCUT2D eigenvalue weighted by Gasteiger charge is 2.17. The highest BCUT2D eigenvalue weighted by molar-refractivity contribution is 6.16. The Balaban J connectivity index is 3.22. The predicted octanol–water partition coefficient (Wildman–Crippen LogP) is 1.61. The van der Waals surface area contributed by atoms with Gasteiger partial charge in [-0.15, -0.1) is 0 Å². The lowest BCUT2D eigenvalue weighted by atomic mass is 10.1. The Morgan fingerprint density at radius 2 is 2.24 bits per heavy atom. The van der Waals surface area contributed by atoms with Gasteiger partial charge in [0.1, 0.15) is 12.2 Å². The van der Waals surface area contributed by atoms with Crippen LogP contribution in [0.15, 0.2) is 29.7 Å². The number of aromatic nitrogens is 1. The van der Waals surface area contributed by atoms with Crippen LogP contribution in [0.2, 0.25) is 0 Å². The molecule has 7 heteroatoms. The van der Waals surface area contributed by atoms with Crippen LogP contribution in [-0.2, 0) is 9.53 Å². The van der Waals surface area contributed by atoms with E-state index in [9.17, 15) is 9.18 Å². The third kappa shape index (κ3) is 5.31. The fourth-order valence-electron chi connectivity index (χ4n) is 1.50. The predicted molar refractivity (Wildman–Crippen MR) is 78.7 cm³/mol. The standard InChI is InChI=1S/C14H19FN4O2/c1-10(2)21-14(20)13(8-19(17-4)9-16-3)11-5-12(15)7-18-6-11/h5-10,17H,1-4H3/b13-8+,16-9-. The molecule has 0 spiro atoms. The van der Waals surface area contributed by atoms with Gasteiger partial charge in [0.15, 0.2) is 0 Å². The first-order valence-electron chi connectivity index (χ1n) is 6.39. The fourth-order valence-corrected chi connectivity index (χ4v) is 1.50. The van der Waals surface area contributed by atoms with Crippen molar-refractivity contribution in [3.63, 3.8) is 0 Å². The molecule has 0 fully saturated rings. The zero-order valence-corrected chi connectivity index (χ0v) is 12.5. The minimum Gasteiger partial charge on any atom is -0.459 e. The lowest BCUT2D eigenvalue weighted by molar-refractivity contribution is -0.140. The Labute approximate surface area is 123 Å². The quantitative estimate of drug-likeness (QED) is 0.284. The number of hydrazine groups is 1. The average molecular weight is 294 g/mol. The van der Waals surface area contributed by atoms with Gasteiger partial charge in [-0.25, -0.2) is 14.6 Å². The first-order chi connectivity index (χ1) is 9.97. The number of hydrogen-bond donors (Lipinski definition) is 1. The Hall–Kier alpha value is -2.28. The van der Waals surface area contributed by atoms with E-state index < -0.39 is 11.8 Å². The van der Waals surface area contributed by atoms with Crippen LogP contribution in [0.1, 0.15) is 19.4 Å². The zero-order valence-electron chi connectivity index (χ0n) is 12.5. The van der Waals surface area contributed by atoms with Crippen LogP contribution in [0.4, 0.5) is 4.39 Å². The summed E-state index contributed by atoms with van der Waals surface area (Å²) in [5.41, 5.74) is 3.31. The van der Waals surface area contributed by atoms with Crippen LogP contribution >= 0.6 is 0 Å². The number of carbonyl (C=O) groups excluding carboxylic acids is 1. The van der Waals surface area contributed by atoms with Gasteiger partial charge in [-0.3, -0.25) is 15.0 Å². The summed E-state index contributed by atoms with van der Waals surface area (Å²) in [6.45, 7) is 3.48. The number of esters is 1. The molecule has 0 saturated heterocycles. The second-order valence-electron chi connectivity index (χ2n) is 4.39. The first-order valence-corrected chi connectivity index (χ1v) is 6.39. The molecule has 0 aliphatic heterocycles. The summed E-state index contributed by atoms with van der Waals surface area (Å²) < 4.78 is 18.5. The van der Waals surface area contributed by atoms with E-state index in [-0.39, 0.29) is 11.7 Å². The van der Waals surface area contributed by atoms with Crippen LogP contribution in [-0.4, -0.2) is 42.5 Å². The van der Waals surface area contributed by atoms with Crippen molar-refractivity contribution in [1.82, 2.24) is 15.4 Å². The minimum absolute atomic E-state index is 0.171. The van der Waals surface area contributed by atoms with Crippen molar-refractivity contribution in [3.05, 3.63) is 36.0 Å². The second-order valence-corrected chi connectivity index (χ2v) is 4.39. The number of rotatable bonds is 6. The maximum Gasteiger partial charge on any atom is 0.340 e.